The van der Waals surface area contributed by atoms with Gasteiger partial charge in [0.15, 0.2) is 22.8 Å². The van der Waals surface area contributed by atoms with E-state index in [1.54, 1.807) is 0 Å². The number of hydrogen-bond acceptors (Lipinski definition) is 9. The highest BCUT2D eigenvalue weighted by Gasteiger charge is 2.25. The van der Waals surface area contributed by atoms with E-state index in [2.05, 4.69) is 24.9 Å². The van der Waals surface area contributed by atoms with Crippen LogP contribution in [0, 0.1) is 23.3 Å². The van der Waals surface area contributed by atoms with E-state index in [1.165, 1.54) is 44.7 Å². The number of aromatic hydroxyl groups is 2. The zero-order valence-electron chi connectivity index (χ0n) is 24.6. The van der Waals surface area contributed by atoms with Gasteiger partial charge in [0, 0.05) is 56.2 Å². The molecule has 0 radical (unpaired) electrons. The Balaban J connectivity index is 0.000000164. The number of nitrogens with zero attached hydrogens (tertiary/aromatic N) is 5. The van der Waals surface area contributed by atoms with Gasteiger partial charge in [0.2, 0.25) is 0 Å². The largest absolute Gasteiger partial charge is 0.505 e. The molecular formula is C31H22Cl2F4N6O5. The SMILES string of the molecule is C1CCOC1.Cn1c(=O)c(-c2c(F)ccc(F)c2Cl)c(O)c2nccnc21.O=c1[nH]c2nccnc2c(O)c1-c1c(F)ccc(F)c1Cl. The van der Waals surface area contributed by atoms with Crippen LogP contribution in [0.2, 0.25) is 10.0 Å². The zero-order chi connectivity index (χ0) is 34.7. The predicted molar refractivity (Wildman–Crippen MR) is 169 cm³/mol. The van der Waals surface area contributed by atoms with Crippen LogP contribution in [-0.4, -0.2) is 52.9 Å². The molecule has 248 valence electrons. The number of ether oxygens (including phenoxy) is 1. The average molecular weight is 705 g/mol. The topological polar surface area (TPSA) is 156 Å². The molecule has 1 saturated heterocycles. The van der Waals surface area contributed by atoms with E-state index in [9.17, 15) is 37.4 Å². The van der Waals surface area contributed by atoms with Crippen molar-refractivity contribution in [1.82, 2.24) is 29.5 Å². The van der Waals surface area contributed by atoms with Gasteiger partial charge in [-0.1, -0.05) is 23.2 Å². The third-order valence-electron chi connectivity index (χ3n) is 7.01. The van der Waals surface area contributed by atoms with E-state index in [0.29, 0.717) is 0 Å². The minimum absolute atomic E-state index is 0.0145. The number of aryl methyl sites for hydroxylation is 1. The molecule has 6 aromatic rings. The summed E-state index contributed by atoms with van der Waals surface area (Å²) in [6, 6.07) is 3.31. The molecule has 0 saturated carbocycles. The van der Waals surface area contributed by atoms with Gasteiger partial charge in [-0.25, -0.2) is 37.5 Å². The summed E-state index contributed by atoms with van der Waals surface area (Å²) in [4.78, 5) is 42.3. The van der Waals surface area contributed by atoms with Gasteiger partial charge in [-0.3, -0.25) is 14.2 Å². The number of fused-ring (bicyclic) bond motifs is 2. The Labute approximate surface area is 277 Å². The van der Waals surface area contributed by atoms with Crippen molar-refractivity contribution in [3.8, 4) is 33.8 Å². The number of pyridine rings is 2. The van der Waals surface area contributed by atoms with E-state index in [0.717, 1.165) is 42.0 Å². The molecule has 7 rings (SSSR count). The Hall–Kier alpha value is -5.12. The maximum absolute atomic E-state index is 14.1. The molecule has 11 nitrogen and oxygen atoms in total. The van der Waals surface area contributed by atoms with E-state index in [-0.39, 0.29) is 22.3 Å². The Kier molecular flexibility index (Phi) is 10.2. The highest BCUT2D eigenvalue weighted by molar-refractivity contribution is 6.34. The molecule has 3 N–H and O–H groups in total. The summed E-state index contributed by atoms with van der Waals surface area (Å²) in [5.74, 6) is -4.90. The van der Waals surface area contributed by atoms with Crippen molar-refractivity contribution >= 4 is 45.5 Å². The smallest absolute Gasteiger partial charge is 0.263 e. The summed E-state index contributed by atoms with van der Waals surface area (Å²) in [6.45, 7) is 2.00. The van der Waals surface area contributed by atoms with E-state index >= 15 is 0 Å². The van der Waals surface area contributed by atoms with Crippen molar-refractivity contribution < 1.29 is 32.5 Å². The second kappa shape index (κ2) is 14.3. The molecule has 17 heteroatoms. The normalized spacial score (nSPS) is 12.4. The van der Waals surface area contributed by atoms with Crippen molar-refractivity contribution in [2.24, 2.45) is 7.05 Å². The molecule has 5 heterocycles. The molecule has 1 aliphatic heterocycles. The zero-order valence-corrected chi connectivity index (χ0v) is 26.1. The highest BCUT2D eigenvalue weighted by atomic mass is 35.5. The minimum Gasteiger partial charge on any atom is -0.505 e. The van der Waals surface area contributed by atoms with Crippen LogP contribution in [0.25, 0.3) is 44.6 Å². The van der Waals surface area contributed by atoms with Gasteiger partial charge in [0.25, 0.3) is 11.1 Å². The molecule has 0 spiro atoms. The van der Waals surface area contributed by atoms with Crippen molar-refractivity contribution in [1.29, 1.82) is 0 Å². The van der Waals surface area contributed by atoms with Crippen molar-refractivity contribution in [3.63, 3.8) is 0 Å². The molecule has 48 heavy (non-hydrogen) atoms. The predicted octanol–water partition coefficient (Wildman–Crippen LogP) is 6.05. The second-order valence-corrected chi connectivity index (χ2v) is 10.8. The first-order valence-electron chi connectivity index (χ1n) is 13.9. The number of H-pyrrole nitrogens is 1. The van der Waals surface area contributed by atoms with E-state index in [4.69, 9.17) is 27.9 Å². The molecule has 0 unspecified atom stereocenters. The van der Waals surface area contributed by atoms with Crippen LogP contribution < -0.4 is 11.1 Å². The molecule has 0 aliphatic carbocycles. The van der Waals surface area contributed by atoms with Crippen LogP contribution in [0.4, 0.5) is 17.6 Å². The lowest BCUT2D eigenvalue weighted by Crippen LogP contribution is -2.21. The maximum atomic E-state index is 14.1. The molecule has 4 aromatic heterocycles. The van der Waals surface area contributed by atoms with Crippen LogP contribution in [0.5, 0.6) is 11.5 Å². The lowest BCUT2D eigenvalue weighted by molar-refractivity contribution is 0.198. The van der Waals surface area contributed by atoms with Crippen LogP contribution in [0.1, 0.15) is 12.8 Å². The average Bonchev–Trinajstić information content (AvgIpc) is 3.68. The fourth-order valence-corrected chi connectivity index (χ4v) is 5.20. The first-order valence-corrected chi connectivity index (χ1v) is 14.6. The third-order valence-corrected chi connectivity index (χ3v) is 7.75. The molecule has 1 fully saturated rings. The van der Waals surface area contributed by atoms with Gasteiger partial charge in [-0.05, 0) is 37.1 Å². The first-order chi connectivity index (χ1) is 22.9. The number of nitrogens with one attached hydrogen (secondary N) is 1. The Morgan fingerprint density at radius 1 is 0.708 bits per heavy atom. The third kappa shape index (κ3) is 6.52. The van der Waals surface area contributed by atoms with Crippen LogP contribution in [0.15, 0.2) is 58.6 Å². The lowest BCUT2D eigenvalue weighted by Gasteiger charge is -2.12. The summed E-state index contributed by atoms with van der Waals surface area (Å²) in [7, 11) is 1.38. The molecule has 2 aromatic carbocycles. The Morgan fingerprint density at radius 3 is 1.75 bits per heavy atom. The number of aromatic nitrogens is 6. The van der Waals surface area contributed by atoms with Crippen LogP contribution in [0.3, 0.4) is 0 Å². The van der Waals surface area contributed by atoms with Gasteiger partial charge in [0.1, 0.15) is 34.3 Å². The lowest BCUT2D eigenvalue weighted by atomic mass is 10.0. The number of rotatable bonds is 2. The summed E-state index contributed by atoms with van der Waals surface area (Å²) >= 11 is 11.5. The number of aromatic amines is 1. The summed E-state index contributed by atoms with van der Waals surface area (Å²) in [5, 5.41) is 19.3. The van der Waals surface area contributed by atoms with Crippen molar-refractivity contribution in [2.45, 2.75) is 12.8 Å². The number of hydrogen-bond donors (Lipinski definition) is 3. The first kappa shape index (κ1) is 34.2. The van der Waals surface area contributed by atoms with Crippen LogP contribution >= 0.6 is 23.2 Å². The second-order valence-electron chi connectivity index (χ2n) is 10.0. The summed E-state index contributed by atoms with van der Waals surface area (Å²) in [6.07, 6.45) is 7.80. The summed E-state index contributed by atoms with van der Waals surface area (Å²) in [5.41, 5.74) is -3.54. The standard InChI is InChI=1S/C14H8ClF2N3O2.C13H6ClF2N3O2.C4H8O/c1-20-13-11(18-4-5-19-13)12(21)9(14(20)22)8-6(16)2-3-7(17)10(8)15;14-9-6(16)2-1-5(15)7(9)8-11(20)10-12(19-13(8)21)18-4-3-17-10;1-2-4-5-3-1/h2-5,21H,1H3;1-4H,(H2,18,19,20,21);1-4H2. The molecular weight excluding hydrogens is 683 g/mol. The minimum atomic E-state index is -0.939. The highest BCUT2D eigenvalue weighted by Crippen LogP contribution is 2.39. The van der Waals surface area contributed by atoms with Crippen molar-refractivity contribution in [3.05, 3.63) is 103 Å². The van der Waals surface area contributed by atoms with Gasteiger partial charge in [-0.2, -0.15) is 0 Å². The maximum Gasteiger partial charge on any atom is 0.263 e. The van der Waals surface area contributed by atoms with E-state index in [1.807, 2.05) is 0 Å². The van der Waals surface area contributed by atoms with E-state index < -0.39 is 78.2 Å². The summed E-state index contributed by atoms with van der Waals surface area (Å²) < 4.78 is 61.1. The molecule has 0 amide bonds. The molecule has 1 aliphatic rings. The van der Waals surface area contributed by atoms with Gasteiger partial charge in [-0.15, -0.1) is 0 Å². The monoisotopic (exact) mass is 704 g/mol. The number of halogens is 6. The Bertz CT molecular complexity index is 2290. The van der Waals surface area contributed by atoms with Gasteiger partial charge in [0.05, 0.1) is 21.2 Å². The molecule has 0 bridgehead atoms. The van der Waals surface area contributed by atoms with Gasteiger partial charge < -0.3 is 19.9 Å². The fraction of sp³-hybridized carbons (Fsp3) is 0.161. The van der Waals surface area contributed by atoms with Crippen molar-refractivity contribution in [2.75, 3.05) is 13.2 Å². The van der Waals surface area contributed by atoms with Gasteiger partial charge >= 0.3 is 0 Å². The molecule has 0 atom stereocenters. The quantitative estimate of drug-likeness (QED) is 0.144. The Morgan fingerprint density at radius 2 is 1.19 bits per heavy atom. The fourth-order valence-electron chi connectivity index (χ4n) is 4.71. The number of benzene rings is 2. The van der Waals surface area contributed by atoms with Crippen LogP contribution in [-0.2, 0) is 11.8 Å².